The van der Waals surface area contributed by atoms with Gasteiger partial charge in [-0.1, -0.05) is 6.92 Å². The van der Waals surface area contributed by atoms with Gasteiger partial charge in [0, 0.05) is 11.3 Å². The van der Waals surface area contributed by atoms with Crippen LogP contribution in [0, 0.1) is 0 Å². The molecule has 0 atom stereocenters. The van der Waals surface area contributed by atoms with Crippen LogP contribution in [0.15, 0.2) is 46.9 Å². The van der Waals surface area contributed by atoms with Gasteiger partial charge < -0.3 is 14.8 Å². The molecule has 0 aliphatic heterocycles. The van der Waals surface area contributed by atoms with Crippen molar-refractivity contribution in [3.63, 3.8) is 0 Å². The summed E-state index contributed by atoms with van der Waals surface area (Å²) in [6.07, 6.45) is 0.963. The van der Waals surface area contributed by atoms with E-state index in [0.29, 0.717) is 17.9 Å². The first-order chi connectivity index (χ1) is 10.6. The van der Waals surface area contributed by atoms with Gasteiger partial charge in [-0.25, -0.2) is 0 Å². The zero-order valence-corrected chi connectivity index (χ0v) is 14.1. The number of hydrogen-bond acceptors (Lipinski definition) is 3. The fraction of sp³-hybridized carbons (Fsp3) is 0.235. The van der Waals surface area contributed by atoms with Gasteiger partial charge in [0.05, 0.1) is 18.2 Å². The minimum atomic E-state index is -0.175. The van der Waals surface area contributed by atoms with Gasteiger partial charge in [0.2, 0.25) is 0 Å². The zero-order chi connectivity index (χ0) is 15.9. The summed E-state index contributed by atoms with van der Waals surface area (Å²) in [5, 5.41) is 2.85. The van der Waals surface area contributed by atoms with Crippen LogP contribution in [0.2, 0.25) is 0 Å². The van der Waals surface area contributed by atoms with Crippen LogP contribution in [0.25, 0.3) is 0 Å². The van der Waals surface area contributed by atoms with Crippen molar-refractivity contribution in [2.75, 3.05) is 19.0 Å². The normalized spacial score (nSPS) is 10.1. The smallest absolute Gasteiger partial charge is 0.255 e. The van der Waals surface area contributed by atoms with E-state index >= 15 is 0 Å². The van der Waals surface area contributed by atoms with Crippen LogP contribution in [-0.4, -0.2) is 19.6 Å². The molecule has 1 N–H and O–H groups in total. The summed E-state index contributed by atoms with van der Waals surface area (Å²) in [5.41, 5.74) is 1.28. The molecule has 0 aliphatic carbocycles. The van der Waals surface area contributed by atoms with Gasteiger partial charge in [-0.05, 0) is 64.8 Å². The molecule has 0 radical (unpaired) electrons. The molecule has 0 saturated carbocycles. The van der Waals surface area contributed by atoms with Crippen LogP contribution >= 0.6 is 15.9 Å². The highest BCUT2D eigenvalue weighted by Gasteiger charge is 2.09. The number of anilines is 1. The average Bonchev–Trinajstić information content (AvgIpc) is 2.54. The Hall–Kier alpha value is -2.01. The van der Waals surface area contributed by atoms with Crippen LogP contribution in [0.5, 0.6) is 11.5 Å². The average molecular weight is 364 g/mol. The Labute approximate surface area is 138 Å². The van der Waals surface area contributed by atoms with Crippen molar-refractivity contribution in [3.05, 3.63) is 52.5 Å². The minimum absolute atomic E-state index is 0.175. The predicted molar refractivity (Wildman–Crippen MR) is 90.9 cm³/mol. The van der Waals surface area contributed by atoms with Crippen molar-refractivity contribution in [1.82, 2.24) is 0 Å². The Kier molecular flexibility index (Phi) is 5.83. The third-order valence-corrected chi connectivity index (χ3v) is 3.62. The van der Waals surface area contributed by atoms with E-state index < -0.39 is 0 Å². The van der Waals surface area contributed by atoms with E-state index in [1.807, 2.05) is 24.3 Å². The zero-order valence-electron chi connectivity index (χ0n) is 12.6. The van der Waals surface area contributed by atoms with Gasteiger partial charge in [-0.15, -0.1) is 0 Å². The molecule has 0 unspecified atom stereocenters. The van der Waals surface area contributed by atoms with Gasteiger partial charge >= 0.3 is 0 Å². The third kappa shape index (κ3) is 4.24. The Morgan fingerprint density at radius 2 is 1.91 bits per heavy atom. The van der Waals surface area contributed by atoms with E-state index in [9.17, 15) is 4.79 Å². The molecule has 22 heavy (non-hydrogen) atoms. The minimum Gasteiger partial charge on any atom is -0.496 e. The summed E-state index contributed by atoms with van der Waals surface area (Å²) in [6, 6.07) is 12.5. The van der Waals surface area contributed by atoms with Gasteiger partial charge in [-0.2, -0.15) is 0 Å². The molecule has 0 aromatic heterocycles. The lowest BCUT2D eigenvalue weighted by Gasteiger charge is -2.09. The number of amides is 1. The number of rotatable bonds is 6. The first kappa shape index (κ1) is 16.4. The van der Waals surface area contributed by atoms with Crippen molar-refractivity contribution < 1.29 is 14.3 Å². The lowest BCUT2D eigenvalue weighted by Crippen LogP contribution is -2.11. The topological polar surface area (TPSA) is 47.6 Å². The Morgan fingerprint density at radius 1 is 1.18 bits per heavy atom. The standard InChI is InChI=1S/C17H18BrNO3/c1-3-10-22-14-7-5-13(6-8-14)19-17(20)12-4-9-16(21-2)15(18)11-12/h4-9,11H,3,10H2,1-2H3,(H,19,20). The van der Waals surface area contributed by atoms with Gasteiger partial charge in [0.1, 0.15) is 11.5 Å². The molecule has 0 heterocycles. The number of carbonyl (C=O) groups excluding carboxylic acids is 1. The summed E-state index contributed by atoms with van der Waals surface area (Å²) in [4.78, 5) is 12.2. The molecule has 2 aromatic carbocycles. The number of hydrogen-bond donors (Lipinski definition) is 1. The number of halogens is 1. The Morgan fingerprint density at radius 3 is 2.50 bits per heavy atom. The van der Waals surface area contributed by atoms with E-state index in [-0.39, 0.29) is 5.91 Å². The maximum Gasteiger partial charge on any atom is 0.255 e. The van der Waals surface area contributed by atoms with Crippen molar-refractivity contribution in [1.29, 1.82) is 0 Å². The van der Waals surface area contributed by atoms with E-state index in [1.165, 1.54) is 0 Å². The molecule has 2 rings (SSSR count). The van der Waals surface area contributed by atoms with Crippen molar-refractivity contribution in [3.8, 4) is 11.5 Å². The predicted octanol–water partition coefficient (Wildman–Crippen LogP) is 4.50. The first-order valence-corrected chi connectivity index (χ1v) is 7.81. The lowest BCUT2D eigenvalue weighted by atomic mass is 10.2. The highest BCUT2D eigenvalue weighted by molar-refractivity contribution is 9.10. The van der Waals surface area contributed by atoms with E-state index in [0.717, 1.165) is 22.3 Å². The van der Waals surface area contributed by atoms with Crippen molar-refractivity contribution in [2.24, 2.45) is 0 Å². The number of nitrogens with one attached hydrogen (secondary N) is 1. The maximum absolute atomic E-state index is 12.2. The molecular weight excluding hydrogens is 346 g/mol. The Bertz CT molecular complexity index is 641. The molecule has 0 bridgehead atoms. The highest BCUT2D eigenvalue weighted by atomic mass is 79.9. The summed E-state index contributed by atoms with van der Waals surface area (Å²) in [7, 11) is 1.59. The van der Waals surface area contributed by atoms with Gasteiger partial charge in [0.25, 0.3) is 5.91 Å². The van der Waals surface area contributed by atoms with Crippen LogP contribution in [0.3, 0.4) is 0 Å². The van der Waals surface area contributed by atoms with Crippen molar-refractivity contribution in [2.45, 2.75) is 13.3 Å². The second kappa shape index (κ2) is 7.84. The maximum atomic E-state index is 12.2. The fourth-order valence-corrected chi connectivity index (χ4v) is 2.41. The SMILES string of the molecule is CCCOc1ccc(NC(=O)c2ccc(OC)c(Br)c2)cc1. The molecule has 5 heteroatoms. The van der Waals surface area contributed by atoms with Crippen LogP contribution in [-0.2, 0) is 0 Å². The first-order valence-electron chi connectivity index (χ1n) is 7.01. The third-order valence-electron chi connectivity index (χ3n) is 3.00. The summed E-state index contributed by atoms with van der Waals surface area (Å²) < 4.78 is 11.4. The molecule has 2 aromatic rings. The molecule has 116 valence electrons. The molecule has 0 spiro atoms. The largest absolute Gasteiger partial charge is 0.496 e. The molecule has 0 aliphatic rings. The van der Waals surface area contributed by atoms with Crippen molar-refractivity contribution >= 4 is 27.5 Å². The summed E-state index contributed by atoms with van der Waals surface area (Å²) >= 11 is 3.37. The number of benzene rings is 2. The summed E-state index contributed by atoms with van der Waals surface area (Å²) in [6.45, 7) is 2.74. The van der Waals surface area contributed by atoms with Gasteiger partial charge in [-0.3, -0.25) is 4.79 Å². The monoisotopic (exact) mass is 363 g/mol. The second-order valence-corrected chi connectivity index (χ2v) is 5.53. The van der Waals surface area contributed by atoms with Crippen LogP contribution in [0.1, 0.15) is 23.7 Å². The summed E-state index contributed by atoms with van der Waals surface area (Å²) in [5.74, 6) is 1.31. The Balaban J connectivity index is 2.03. The fourth-order valence-electron chi connectivity index (χ4n) is 1.87. The van der Waals surface area contributed by atoms with Crippen LogP contribution < -0.4 is 14.8 Å². The van der Waals surface area contributed by atoms with Gasteiger partial charge in [0.15, 0.2) is 0 Å². The molecule has 1 amide bonds. The molecule has 0 saturated heterocycles. The molecular formula is C17H18BrNO3. The molecule has 4 nitrogen and oxygen atoms in total. The number of ether oxygens (including phenoxy) is 2. The number of carbonyl (C=O) groups is 1. The lowest BCUT2D eigenvalue weighted by molar-refractivity contribution is 0.102. The van der Waals surface area contributed by atoms with E-state index in [1.54, 1.807) is 25.3 Å². The van der Waals surface area contributed by atoms with E-state index in [2.05, 4.69) is 28.2 Å². The van der Waals surface area contributed by atoms with E-state index in [4.69, 9.17) is 9.47 Å². The molecule has 0 fully saturated rings. The second-order valence-electron chi connectivity index (χ2n) is 4.68. The quantitative estimate of drug-likeness (QED) is 0.821. The highest BCUT2D eigenvalue weighted by Crippen LogP contribution is 2.26. The number of methoxy groups -OCH3 is 1. The van der Waals surface area contributed by atoms with Crippen LogP contribution in [0.4, 0.5) is 5.69 Å².